The van der Waals surface area contributed by atoms with Crippen LogP contribution in [0.15, 0.2) is 71.9 Å². The maximum atomic E-state index is 13.6. The summed E-state index contributed by atoms with van der Waals surface area (Å²) in [6, 6.07) is 17.3. The first-order valence-electron chi connectivity index (χ1n) is 12.1. The average Bonchev–Trinajstić information content (AvgIpc) is 3.26. The number of nitriles is 1. The number of hydrogen-bond acceptors (Lipinski definition) is 6. The van der Waals surface area contributed by atoms with E-state index >= 15 is 0 Å². The van der Waals surface area contributed by atoms with E-state index in [0.29, 0.717) is 50.6 Å². The van der Waals surface area contributed by atoms with Gasteiger partial charge in [0, 0.05) is 63.8 Å². The highest BCUT2D eigenvalue weighted by molar-refractivity contribution is 7.89. The number of pyridine rings is 1. The molecule has 36 heavy (non-hydrogen) atoms. The summed E-state index contributed by atoms with van der Waals surface area (Å²) in [4.78, 5) is 22.0. The van der Waals surface area contributed by atoms with Crippen LogP contribution in [0.3, 0.4) is 0 Å². The summed E-state index contributed by atoms with van der Waals surface area (Å²) in [5.41, 5.74) is 1.35. The number of benzene rings is 1. The van der Waals surface area contributed by atoms with Crippen molar-refractivity contribution < 1.29 is 13.2 Å². The lowest BCUT2D eigenvalue weighted by Gasteiger charge is -2.36. The third-order valence-electron chi connectivity index (χ3n) is 6.89. The molecule has 9 nitrogen and oxygen atoms in total. The number of carbonyl (C=O) groups excluding carboxylic acids is 1. The van der Waals surface area contributed by atoms with Crippen molar-refractivity contribution >= 4 is 21.7 Å². The Hall–Kier alpha value is -3.68. The van der Waals surface area contributed by atoms with Crippen molar-refractivity contribution in [2.24, 2.45) is 0 Å². The summed E-state index contributed by atoms with van der Waals surface area (Å²) in [5, 5.41) is 9.44. The van der Waals surface area contributed by atoms with E-state index in [9.17, 15) is 18.5 Å². The van der Waals surface area contributed by atoms with E-state index in [1.807, 2.05) is 32.7 Å². The number of rotatable bonds is 5. The Morgan fingerprint density at radius 3 is 2.61 bits per heavy atom. The van der Waals surface area contributed by atoms with Crippen LogP contribution in [-0.4, -0.2) is 65.8 Å². The van der Waals surface area contributed by atoms with E-state index in [-0.39, 0.29) is 17.2 Å². The van der Waals surface area contributed by atoms with Gasteiger partial charge in [0.25, 0.3) is 0 Å². The number of sulfonamides is 1. The molecule has 1 atom stereocenters. The van der Waals surface area contributed by atoms with Gasteiger partial charge in [0.15, 0.2) is 0 Å². The first-order chi connectivity index (χ1) is 17.5. The Labute approximate surface area is 211 Å². The summed E-state index contributed by atoms with van der Waals surface area (Å²) in [6.07, 6.45) is 4.41. The quantitative estimate of drug-likeness (QED) is 0.529. The second-order valence-corrected chi connectivity index (χ2v) is 10.9. The summed E-state index contributed by atoms with van der Waals surface area (Å²) in [7, 11) is -3.77. The second kappa shape index (κ2) is 10.1. The van der Waals surface area contributed by atoms with Gasteiger partial charge in [-0.15, -0.1) is 0 Å². The minimum absolute atomic E-state index is 0.0725. The molecule has 186 valence electrons. The molecule has 0 aliphatic carbocycles. The standard InChI is InChI=1S/C26H28N6O3S/c27-20-21-7-4-11-28-26(21)31-14-6-13-30(15-16-31)25(33)19-24-23-10-5-12-29(23)17-18-32(24)36(34,35)22-8-2-1-3-9-22/h1-5,7-12,24H,6,13-19H2. The lowest BCUT2D eigenvalue weighted by atomic mass is 10.1. The van der Waals surface area contributed by atoms with E-state index in [2.05, 4.69) is 11.1 Å². The van der Waals surface area contributed by atoms with Gasteiger partial charge < -0.3 is 14.4 Å². The SMILES string of the molecule is N#Cc1cccnc1N1CCCN(C(=O)CC2c3cccn3CCN2S(=O)(=O)c2ccccc2)CC1. The van der Waals surface area contributed by atoms with Crippen LogP contribution in [0.4, 0.5) is 5.82 Å². The van der Waals surface area contributed by atoms with Gasteiger partial charge in [-0.25, -0.2) is 13.4 Å². The molecular formula is C26H28N6O3S. The van der Waals surface area contributed by atoms with E-state index in [1.54, 1.807) is 48.7 Å². The van der Waals surface area contributed by atoms with Crippen molar-refractivity contribution in [3.8, 4) is 6.07 Å². The van der Waals surface area contributed by atoms with Gasteiger partial charge in [-0.3, -0.25) is 4.79 Å². The van der Waals surface area contributed by atoms with Crippen LogP contribution in [0.25, 0.3) is 0 Å². The number of aromatic nitrogens is 2. The molecule has 3 aromatic rings. The zero-order valence-electron chi connectivity index (χ0n) is 19.9. The van der Waals surface area contributed by atoms with E-state index in [4.69, 9.17) is 0 Å². The lowest BCUT2D eigenvalue weighted by molar-refractivity contribution is -0.132. The molecule has 0 bridgehead atoms. The number of nitrogens with zero attached hydrogens (tertiary/aromatic N) is 6. The molecule has 2 aliphatic heterocycles. The van der Waals surface area contributed by atoms with Crippen LogP contribution in [0, 0.1) is 11.3 Å². The molecule has 5 rings (SSSR count). The number of amides is 1. The van der Waals surface area contributed by atoms with Crippen molar-refractivity contribution in [1.29, 1.82) is 5.26 Å². The summed E-state index contributed by atoms with van der Waals surface area (Å²) >= 11 is 0. The summed E-state index contributed by atoms with van der Waals surface area (Å²) < 4.78 is 30.6. The van der Waals surface area contributed by atoms with Crippen molar-refractivity contribution in [3.63, 3.8) is 0 Å². The summed E-state index contributed by atoms with van der Waals surface area (Å²) in [6.45, 7) is 3.16. The van der Waals surface area contributed by atoms with Crippen LogP contribution in [0.5, 0.6) is 0 Å². The smallest absolute Gasteiger partial charge is 0.243 e. The van der Waals surface area contributed by atoms with Crippen LogP contribution in [0.1, 0.15) is 30.1 Å². The fourth-order valence-electron chi connectivity index (χ4n) is 5.07. The lowest BCUT2D eigenvalue weighted by Crippen LogP contribution is -2.44. The maximum absolute atomic E-state index is 13.6. The van der Waals surface area contributed by atoms with Gasteiger partial charge >= 0.3 is 0 Å². The molecule has 1 amide bonds. The zero-order valence-corrected chi connectivity index (χ0v) is 20.7. The van der Waals surface area contributed by atoms with Gasteiger partial charge in [-0.1, -0.05) is 18.2 Å². The first kappa shape index (κ1) is 24.0. The molecule has 1 unspecified atom stereocenters. The Balaban J connectivity index is 1.35. The molecule has 0 spiro atoms. The molecule has 1 saturated heterocycles. The minimum Gasteiger partial charge on any atom is -0.354 e. The Kier molecular flexibility index (Phi) is 6.76. The highest BCUT2D eigenvalue weighted by atomic mass is 32.2. The number of carbonyl (C=O) groups is 1. The zero-order chi connectivity index (χ0) is 25.1. The van der Waals surface area contributed by atoms with Gasteiger partial charge in [-0.05, 0) is 42.8 Å². The molecule has 2 aromatic heterocycles. The predicted molar refractivity (Wildman–Crippen MR) is 134 cm³/mol. The highest BCUT2D eigenvalue weighted by Crippen LogP contribution is 2.34. The predicted octanol–water partition coefficient (Wildman–Crippen LogP) is 2.63. The fraction of sp³-hybridized carbons (Fsp3) is 0.346. The highest BCUT2D eigenvalue weighted by Gasteiger charge is 2.38. The topological polar surface area (TPSA) is 103 Å². The van der Waals surface area contributed by atoms with Crippen LogP contribution in [0.2, 0.25) is 0 Å². The molecule has 0 saturated carbocycles. The van der Waals surface area contributed by atoms with Crippen molar-refractivity contribution in [3.05, 3.63) is 78.2 Å². The van der Waals surface area contributed by atoms with Crippen LogP contribution in [-0.2, 0) is 21.4 Å². The molecule has 1 aromatic carbocycles. The Morgan fingerprint density at radius 1 is 0.972 bits per heavy atom. The van der Waals surface area contributed by atoms with Gasteiger partial charge in [0.2, 0.25) is 15.9 Å². The number of anilines is 1. The van der Waals surface area contributed by atoms with Crippen LogP contribution >= 0.6 is 0 Å². The Morgan fingerprint density at radius 2 is 1.81 bits per heavy atom. The van der Waals surface area contributed by atoms with Crippen molar-refractivity contribution in [1.82, 2.24) is 18.8 Å². The molecule has 2 aliphatic rings. The Bertz CT molecular complexity index is 1380. The third kappa shape index (κ3) is 4.59. The molecule has 0 N–H and O–H groups in total. The number of hydrogen-bond donors (Lipinski definition) is 0. The molecule has 4 heterocycles. The largest absolute Gasteiger partial charge is 0.354 e. The van der Waals surface area contributed by atoms with Crippen LogP contribution < -0.4 is 4.90 Å². The normalized spacial score (nSPS) is 18.8. The molecule has 1 fully saturated rings. The van der Waals surface area contributed by atoms with E-state index in [0.717, 1.165) is 12.1 Å². The first-order valence-corrected chi connectivity index (χ1v) is 13.5. The average molecular weight is 505 g/mol. The van der Waals surface area contributed by atoms with E-state index < -0.39 is 16.1 Å². The van der Waals surface area contributed by atoms with Gasteiger partial charge in [-0.2, -0.15) is 9.57 Å². The van der Waals surface area contributed by atoms with E-state index in [1.165, 1.54) is 4.31 Å². The summed E-state index contributed by atoms with van der Waals surface area (Å²) in [5.74, 6) is 0.561. The molecule has 10 heteroatoms. The number of fused-ring (bicyclic) bond motifs is 1. The van der Waals surface area contributed by atoms with Crippen molar-refractivity contribution in [2.45, 2.75) is 30.3 Å². The third-order valence-corrected chi connectivity index (χ3v) is 8.81. The maximum Gasteiger partial charge on any atom is 0.243 e. The van der Waals surface area contributed by atoms with Gasteiger partial charge in [0.1, 0.15) is 11.9 Å². The molecule has 0 radical (unpaired) electrons. The van der Waals surface area contributed by atoms with Crippen molar-refractivity contribution in [2.75, 3.05) is 37.6 Å². The minimum atomic E-state index is -3.77. The molecular weight excluding hydrogens is 476 g/mol. The van der Waals surface area contributed by atoms with Gasteiger partial charge in [0.05, 0.1) is 16.5 Å². The fourth-order valence-corrected chi connectivity index (χ4v) is 6.69. The second-order valence-electron chi connectivity index (χ2n) is 8.98. The monoisotopic (exact) mass is 504 g/mol.